The predicted molar refractivity (Wildman–Crippen MR) is 105 cm³/mol. The fourth-order valence-corrected chi connectivity index (χ4v) is 3.51. The van der Waals surface area contributed by atoms with Gasteiger partial charge < -0.3 is 14.6 Å². The average molecular weight is 422 g/mol. The van der Waals surface area contributed by atoms with Gasteiger partial charge in [0, 0.05) is 5.69 Å². The molecule has 0 aliphatic rings. The molecule has 1 aromatic heterocycles. The van der Waals surface area contributed by atoms with E-state index in [1.165, 1.54) is 0 Å². The Bertz CT molecular complexity index is 820. The van der Waals surface area contributed by atoms with E-state index in [0.29, 0.717) is 22.5 Å². The lowest BCUT2D eigenvalue weighted by molar-refractivity contribution is -0.116. The summed E-state index contributed by atoms with van der Waals surface area (Å²) in [6.07, 6.45) is 0.567. The number of ether oxygens (including phenoxy) is 1. The topological polar surface area (TPSA) is 73.2 Å². The summed E-state index contributed by atoms with van der Waals surface area (Å²) in [5.41, 5.74) is 4.86. The molecule has 0 bridgehead atoms. The minimum absolute atomic E-state index is 0.0332. The van der Waals surface area contributed by atoms with Crippen LogP contribution in [0, 0.1) is 20.8 Å². The van der Waals surface area contributed by atoms with Crippen molar-refractivity contribution in [2.45, 2.75) is 47.6 Å². The minimum atomic E-state index is -0.474. The van der Waals surface area contributed by atoms with Crippen molar-refractivity contribution in [1.82, 2.24) is 9.55 Å². The average Bonchev–Trinajstić information content (AvgIpc) is 2.87. The molecule has 0 saturated carbocycles. The number of esters is 1. The summed E-state index contributed by atoms with van der Waals surface area (Å²) in [5.74, 6) is -0.704. The van der Waals surface area contributed by atoms with Crippen molar-refractivity contribution >= 4 is 33.5 Å². The second-order valence-corrected chi connectivity index (χ2v) is 6.87. The standard InChI is InChI=1S/C19H24BrN3O3/c1-6-14-17(18(25)26-7-2)23(19(20)21-14)10-15(24)22-16-12(4)8-11(3)9-13(16)5/h8-9H,6-7,10H2,1-5H3,(H,22,24). The van der Waals surface area contributed by atoms with Crippen molar-refractivity contribution < 1.29 is 14.3 Å². The number of nitrogens with zero attached hydrogens (tertiary/aromatic N) is 2. The minimum Gasteiger partial charge on any atom is -0.461 e. The van der Waals surface area contributed by atoms with Gasteiger partial charge in [0.2, 0.25) is 5.91 Å². The summed E-state index contributed by atoms with van der Waals surface area (Å²) >= 11 is 3.34. The summed E-state index contributed by atoms with van der Waals surface area (Å²) in [4.78, 5) is 29.3. The fourth-order valence-electron chi connectivity index (χ4n) is 2.99. The fraction of sp³-hybridized carbons (Fsp3) is 0.421. The van der Waals surface area contributed by atoms with E-state index in [-0.39, 0.29) is 19.1 Å². The van der Waals surface area contributed by atoms with Gasteiger partial charge in [-0.25, -0.2) is 9.78 Å². The molecule has 0 atom stereocenters. The molecule has 2 rings (SSSR count). The van der Waals surface area contributed by atoms with E-state index >= 15 is 0 Å². The van der Waals surface area contributed by atoms with Gasteiger partial charge in [-0.2, -0.15) is 0 Å². The van der Waals surface area contributed by atoms with Gasteiger partial charge in [-0.3, -0.25) is 4.79 Å². The Morgan fingerprint density at radius 2 is 1.81 bits per heavy atom. The van der Waals surface area contributed by atoms with Crippen LogP contribution in [-0.2, 0) is 22.5 Å². The molecule has 7 heteroatoms. The lowest BCUT2D eigenvalue weighted by Crippen LogP contribution is -2.23. The number of aromatic nitrogens is 2. The number of hydrogen-bond acceptors (Lipinski definition) is 4. The van der Waals surface area contributed by atoms with Gasteiger partial charge in [-0.15, -0.1) is 0 Å². The van der Waals surface area contributed by atoms with E-state index < -0.39 is 5.97 Å². The Balaban J connectivity index is 2.30. The molecule has 0 spiro atoms. The van der Waals surface area contributed by atoms with Crippen LogP contribution in [0.1, 0.15) is 46.7 Å². The van der Waals surface area contributed by atoms with Crippen LogP contribution in [0.15, 0.2) is 16.9 Å². The SMILES string of the molecule is CCOC(=O)c1c(CC)nc(Br)n1CC(=O)Nc1c(C)cc(C)cc1C. The van der Waals surface area contributed by atoms with E-state index in [2.05, 4.69) is 26.2 Å². The summed E-state index contributed by atoms with van der Waals surface area (Å²) in [6, 6.07) is 4.05. The number of carbonyl (C=O) groups excluding carboxylic acids is 2. The maximum atomic E-state index is 12.6. The number of benzene rings is 1. The molecule has 140 valence electrons. The Morgan fingerprint density at radius 1 is 1.19 bits per heavy atom. The van der Waals surface area contributed by atoms with E-state index in [9.17, 15) is 9.59 Å². The number of rotatable bonds is 6. The zero-order valence-corrected chi connectivity index (χ0v) is 17.4. The molecule has 0 saturated heterocycles. The molecule has 2 aromatic rings. The Hall–Kier alpha value is -2.15. The first-order valence-electron chi connectivity index (χ1n) is 8.58. The van der Waals surface area contributed by atoms with Crippen LogP contribution in [0.5, 0.6) is 0 Å². The van der Waals surface area contributed by atoms with Crippen molar-refractivity contribution in [1.29, 1.82) is 0 Å². The van der Waals surface area contributed by atoms with Crippen molar-refractivity contribution in [3.63, 3.8) is 0 Å². The second-order valence-electron chi connectivity index (χ2n) is 6.16. The third-order valence-electron chi connectivity index (χ3n) is 4.04. The Morgan fingerprint density at radius 3 is 2.35 bits per heavy atom. The van der Waals surface area contributed by atoms with Gasteiger partial charge in [-0.1, -0.05) is 24.6 Å². The Kier molecular flexibility index (Phi) is 6.58. The van der Waals surface area contributed by atoms with Crippen molar-refractivity contribution in [2.75, 3.05) is 11.9 Å². The number of amides is 1. The van der Waals surface area contributed by atoms with Crippen LogP contribution in [-0.4, -0.2) is 28.0 Å². The van der Waals surface area contributed by atoms with Gasteiger partial charge in [0.05, 0.1) is 12.3 Å². The van der Waals surface area contributed by atoms with Gasteiger partial charge in [-0.05, 0) is 61.2 Å². The summed E-state index contributed by atoms with van der Waals surface area (Å²) < 4.78 is 7.11. The number of carbonyl (C=O) groups is 2. The van der Waals surface area contributed by atoms with Gasteiger partial charge in [0.1, 0.15) is 6.54 Å². The Labute approximate surface area is 162 Å². The predicted octanol–water partition coefficient (Wildman–Crippen LogP) is 3.95. The molecule has 1 N–H and O–H groups in total. The van der Waals surface area contributed by atoms with Crippen molar-refractivity contribution in [2.24, 2.45) is 0 Å². The molecule has 0 unspecified atom stereocenters. The van der Waals surface area contributed by atoms with Crippen LogP contribution in [0.2, 0.25) is 0 Å². The van der Waals surface area contributed by atoms with Gasteiger partial charge in [0.15, 0.2) is 10.4 Å². The molecule has 6 nitrogen and oxygen atoms in total. The number of hydrogen-bond donors (Lipinski definition) is 1. The first-order chi connectivity index (χ1) is 12.3. The van der Waals surface area contributed by atoms with Crippen LogP contribution in [0.25, 0.3) is 0 Å². The second kappa shape index (κ2) is 8.49. The largest absolute Gasteiger partial charge is 0.461 e. The van der Waals surface area contributed by atoms with E-state index in [1.54, 1.807) is 11.5 Å². The van der Waals surface area contributed by atoms with Gasteiger partial charge in [0.25, 0.3) is 0 Å². The highest BCUT2D eigenvalue weighted by Crippen LogP contribution is 2.23. The molecule has 1 heterocycles. The van der Waals surface area contributed by atoms with Crippen LogP contribution >= 0.6 is 15.9 Å². The maximum absolute atomic E-state index is 12.6. The van der Waals surface area contributed by atoms with Crippen molar-refractivity contribution in [3.05, 3.63) is 44.9 Å². The van der Waals surface area contributed by atoms with Crippen LogP contribution < -0.4 is 5.32 Å². The first kappa shape index (κ1) is 20.2. The number of aryl methyl sites for hydroxylation is 4. The monoisotopic (exact) mass is 421 g/mol. The third-order valence-corrected chi connectivity index (χ3v) is 4.65. The molecule has 0 fully saturated rings. The zero-order chi connectivity index (χ0) is 19.4. The molecule has 0 aliphatic heterocycles. The summed E-state index contributed by atoms with van der Waals surface area (Å²) in [7, 11) is 0. The van der Waals surface area contributed by atoms with E-state index in [1.807, 2.05) is 39.8 Å². The third kappa shape index (κ3) is 4.33. The highest BCUT2D eigenvalue weighted by atomic mass is 79.9. The number of nitrogens with one attached hydrogen (secondary N) is 1. The summed E-state index contributed by atoms with van der Waals surface area (Å²) in [6.45, 7) is 9.82. The molecule has 26 heavy (non-hydrogen) atoms. The van der Waals surface area contributed by atoms with Crippen LogP contribution in [0.3, 0.4) is 0 Å². The lowest BCUT2D eigenvalue weighted by Gasteiger charge is -2.14. The lowest BCUT2D eigenvalue weighted by atomic mass is 10.1. The number of halogens is 1. The maximum Gasteiger partial charge on any atom is 0.356 e. The van der Waals surface area contributed by atoms with Crippen molar-refractivity contribution in [3.8, 4) is 0 Å². The normalized spacial score (nSPS) is 10.7. The number of imidazole rings is 1. The molecule has 0 radical (unpaired) electrons. The van der Waals surface area contributed by atoms with E-state index in [0.717, 1.165) is 22.4 Å². The molecular formula is C19H24BrN3O3. The highest BCUT2D eigenvalue weighted by molar-refractivity contribution is 9.10. The van der Waals surface area contributed by atoms with Gasteiger partial charge >= 0.3 is 5.97 Å². The molecular weight excluding hydrogens is 398 g/mol. The quantitative estimate of drug-likeness (QED) is 0.716. The highest BCUT2D eigenvalue weighted by Gasteiger charge is 2.24. The molecule has 0 aliphatic carbocycles. The summed E-state index contributed by atoms with van der Waals surface area (Å²) in [5, 5.41) is 2.95. The van der Waals surface area contributed by atoms with Crippen LogP contribution in [0.4, 0.5) is 5.69 Å². The molecule has 1 aromatic carbocycles. The molecule has 1 amide bonds. The number of anilines is 1. The van der Waals surface area contributed by atoms with E-state index in [4.69, 9.17) is 4.74 Å². The smallest absolute Gasteiger partial charge is 0.356 e. The zero-order valence-electron chi connectivity index (χ0n) is 15.8. The first-order valence-corrected chi connectivity index (χ1v) is 9.37.